The van der Waals surface area contributed by atoms with Crippen molar-refractivity contribution in [2.75, 3.05) is 44.2 Å². The van der Waals surface area contributed by atoms with E-state index in [4.69, 9.17) is 16.3 Å². The molecule has 2 aromatic rings. The Kier molecular flexibility index (Phi) is 5.95. The van der Waals surface area contributed by atoms with Gasteiger partial charge in [-0.05, 0) is 55.5 Å². The third-order valence-corrected chi connectivity index (χ3v) is 4.81. The molecule has 0 atom stereocenters. The number of ketones is 1. The second kappa shape index (κ2) is 8.37. The van der Waals surface area contributed by atoms with Crippen molar-refractivity contribution < 1.29 is 14.4 Å². The number of carbonyl (C=O) groups excluding carboxylic acids is 1. The van der Waals surface area contributed by atoms with Crippen molar-refractivity contribution in [3.63, 3.8) is 0 Å². The summed E-state index contributed by atoms with van der Waals surface area (Å²) < 4.78 is 5.42. The number of benzene rings is 2. The zero-order chi connectivity index (χ0) is 17.6. The van der Waals surface area contributed by atoms with E-state index in [1.165, 1.54) is 10.6 Å². The number of nitrogens with one attached hydrogen (secondary N) is 1. The van der Waals surface area contributed by atoms with E-state index in [0.717, 1.165) is 42.5 Å². The fraction of sp³-hybridized carbons (Fsp3) is 0.350. The maximum atomic E-state index is 12.5. The molecule has 0 amide bonds. The van der Waals surface area contributed by atoms with Gasteiger partial charge in [0.05, 0.1) is 32.8 Å². The molecule has 1 heterocycles. The summed E-state index contributed by atoms with van der Waals surface area (Å²) in [5.74, 6) is 1.00. The number of anilines is 1. The van der Waals surface area contributed by atoms with Crippen molar-refractivity contribution in [1.82, 2.24) is 0 Å². The zero-order valence-corrected chi connectivity index (χ0v) is 15.3. The normalized spacial score (nSPS) is 15.2. The van der Waals surface area contributed by atoms with Crippen LogP contribution in [0.3, 0.4) is 0 Å². The van der Waals surface area contributed by atoms with Gasteiger partial charge in [0, 0.05) is 16.3 Å². The zero-order valence-electron chi connectivity index (χ0n) is 14.5. The first-order valence-corrected chi connectivity index (χ1v) is 9.13. The van der Waals surface area contributed by atoms with Gasteiger partial charge in [0.1, 0.15) is 12.3 Å². The largest absolute Gasteiger partial charge is 0.494 e. The van der Waals surface area contributed by atoms with Gasteiger partial charge in [-0.25, -0.2) is 0 Å². The lowest BCUT2D eigenvalue weighted by atomic mass is 10.1. The van der Waals surface area contributed by atoms with Crippen LogP contribution in [-0.2, 0) is 0 Å². The van der Waals surface area contributed by atoms with E-state index < -0.39 is 0 Å². The smallest absolute Gasteiger partial charge is 0.216 e. The first-order valence-electron chi connectivity index (χ1n) is 8.76. The van der Waals surface area contributed by atoms with Crippen LogP contribution in [0.4, 0.5) is 5.69 Å². The molecule has 1 saturated heterocycles. The summed E-state index contributed by atoms with van der Waals surface area (Å²) in [6.07, 6.45) is 0. The molecule has 0 radical (unpaired) electrons. The lowest BCUT2D eigenvalue weighted by Gasteiger charge is -2.33. The van der Waals surface area contributed by atoms with E-state index in [1.54, 1.807) is 0 Å². The van der Waals surface area contributed by atoms with Crippen molar-refractivity contribution in [2.45, 2.75) is 6.92 Å². The molecule has 25 heavy (non-hydrogen) atoms. The predicted octanol–water partition coefficient (Wildman–Crippen LogP) is 2.33. The van der Waals surface area contributed by atoms with E-state index >= 15 is 0 Å². The summed E-state index contributed by atoms with van der Waals surface area (Å²) >= 11 is 5.95. The predicted molar refractivity (Wildman–Crippen MR) is 101 cm³/mol. The number of nitrogens with zero attached hydrogens (tertiary/aromatic N) is 1. The van der Waals surface area contributed by atoms with Crippen LogP contribution in [0, 0.1) is 0 Å². The molecule has 2 aromatic carbocycles. The van der Waals surface area contributed by atoms with Gasteiger partial charge in [-0.1, -0.05) is 11.6 Å². The maximum absolute atomic E-state index is 12.5. The second-order valence-corrected chi connectivity index (χ2v) is 6.71. The van der Waals surface area contributed by atoms with Crippen LogP contribution in [0.2, 0.25) is 5.02 Å². The minimum absolute atomic E-state index is 0.193. The molecule has 0 saturated carbocycles. The molecule has 1 N–H and O–H groups in total. The SMILES string of the molecule is CCOc1ccc(C(=O)C[NH+]2CCN(c3ccc(Cl)cc3)CC2)cc1. The monoisotopic (exact) mass is 359 g/mol. The van der Waals surface area contributed by atoms with Gasteiger partial charge < -0.3 is 14.5 Å². The van der Waals surface area contributed by atoms with E-state index in [9.17, 15) is 4.79 Å². The van der Waals surface area contributed by atoms with Gasteiger partial charge in [-0.15, -0.1) is 0 Å². The Labute approximate surface area is 154 Å². The topological polar surface area (TPSA) is 34.0 Å². The molecule has 4 nitrogen and oxygen atoms in total. The summed E-state index contributed by atoms with van der Waals surface area (Å²) in [6.45, 7) is 6.96. The number of Topliss-reactive ketones (excluding diaryl/α,β-unsaturated/α-hetero) is 1. The highest BCUT2D eigenvalue weighted by atomic mass is 35.5. The van der Waals surface area contributed by atoms with E-state index in [2.05, 4.69) is 17.0 Å². The third kappa shape index (κ3) is 4.74. The number of hydrogen-bond acceptors (Lipinski definition) is 3. The fourth-order valence-electron chi connectivity index (χ4n) is 3.14. The van der Waals surface area contributed by atoms with Gasteiger partial charge in [0.15, 0.2) is 0 Å². The number of carbonyl (C=O) groups is 1. The lowest BCUT2D eigenvalue weighted by molar-refractivity contribution is -0.892. The summed E-state index contributed by atoms with van der Waals surface area (Å²) in [4.78, 5) is 16.2. The highest BCUT2D eigenvalue weighted by Crippen LogP contribution is 2.17. The quantitative estimate of drug-likeness (QED) is 0.804. The molecular weight excluding hydrogens is 336 g/mol. The molecule has 0 spiro atoms. The molecular formula is C20H24ClN2O2+. The van der Waals surface area contributed by atoms with Crippen LogP contribution < -0.4 is 14.5 Å². The Morgan fingerprint density at radius 1 is 1.08 bits per heavy atom. The van der Waals surface area contributed by atoms with Crippen LogP contribution >= 0.6 is 11.6 Å². The van der Waals surface area contributed by atoms with E-state index in [-0.39, 0.29) is 5.78 Å². The first-order chi connectivity index (χ1) is 12.2. The standard InChI is InChI=1S/C20H23ClN2O2/c1-2-25-19-9-3-16(4-10-19)20(24)15-22-11-13-23(14-12-22)18-7-5-17(21)6-8-18/h3-10H,2,11-15H2,1H3/p+1. The Bertz CT molecular complexity index is 693. The average molecular weight is 360 g/mol. The molecule has 1 fully saturated rings. The minimum Gasteiger partial charge on any atom is -0.494 e. The molecule has 1 aliphatic rings. The Balaban J connectivity index is 1.51. The summed E-state index contributed by atoms with van der Waals surface area (Å²) in [7, 11) is 0. The van der Waals surface area contributed by atoms with Gasteiger partial charge in [-0.2, -0.15) is 0 Å². The van der Waals surface area contributed by atoms with E-state index in [1.807, 2.05) is 43.3 Å². The molecule has 0 aromatic heterocycles. The first kappa shape index (κ1) is 17.8. The van der Waals surface area contributed by atoms with Crippen LogP contribution in [0.15, 0.2) is 48.5 Å². The summed E-state index contributed by atoms with van der Waals surface area (Å²) in [5, 5.41) is 0.758. The van der Waals surface area contributed by atoms with Crippen molar-refractivity contribution >= 4 is 23.1 Å². The number of quaternary nitrogens is 1. The number of halogens is 1. The molecule has 0 aliphatic carbocycles. The number of piperazine rings is 1. The highest BCUT2D eigenvalue weighted by Gasteiger charge is 2.22. The second-order valence-electron chi connectivity index (χ2n) is 6.27. The van der Waals surface area contributed by atoms with Crippen molar-refractivity contribution in [3.05, 3.63) is 59.1 Å². The molecule has 3 rings (SSSR count). The number of hydrogen-bond donors (Lipinski definition) is 1. The molecule has 132 valence electrons. The van der Waals surface area contributed by atoms with Crippen LogP contribution in [0.1, 0.15) is 17.3 Å². The fourth-order valence-corrected chi connectivity index (χ4v) is 3.27. The van der Waals surface area contributed by atoms with Gasteiger partial charge in [-0.3, -0.25) is 4.79 Å². The van der Waals surface area contributed by atoms with Crippen molar-refractivity contribution in [3.8, 4) is 5.75 Å². The molecule has 0 unspecified atom stereocenters. The van der Waals surface area contributed by atoms with Crippen LogP contribution in [0.25, 0.3) is 0 Å². The third-order valence-electron chi connectivity index (χ3n) is 4.56. The molecule has 5 heteroatoms. The van der Waals surface area contributed by atoms with E-state index in [0.29, 0.717) is 13.2 Å². The van der Waals surface area contributed by atoms with Gasteiger partial charge >= 0.3 is 0 Å². The van der Waals surface area contributed by atoms with Crippen molar-refractivity contribution in [1.29, 1.82) is 0 Å². The van der Waals surface area contributed by atoms with Gasteiger partial charge in [0.2, 0.25) is 5.78 Å². The summed E-state index contributed by atoms with van der Waals surface area (Å²) in [6, 6.07) is 15.4. The molecule has 0 bridgehead atoms. The molecule has 1 aliphatic heterocycles. The van der Waals surface area contributed by atoms with Crippen molar-refractivity contribution in [2.24, 2.45) is 0 Å². The number of rotatable bonds is 6. The lowest BCUT2D eigenvalue weighted by Crippen LogP contribution is -3.15. The van der Waals surface area contributed by atoms with Gasteiger partial charge in [0.25, 0.3) is 0 Å². The Morgan fingerprint density at radius 3 is 2.32 bits per heavy atom. The maximum Gasteiger partial charge on any atom is 0.216 e. The highest BCUT2D eigenvalue weighted by molar-refractivity contribution is 6.30. The number of ether oxygens (including phenoxy) is 1. The Morgan fingerprint density at radius 2 is 1.72 bits per heavy atom. The van der Waals surface area contributed by atoms with Crippen LogP contribution in [0.5, 0.6) is 5.75 Å². The Hall–Kier alpha value is -2.04. The average Bonchev–Trinajstić information content (AvgIpc) is 2.64. The van der Waals surface area contributed by atoms with Crippen LogP contribution in [-0.4, -0.2) is 45.1 Å². The minimum atomic E-state index is 0.193. The summed E-state index contributed by atoms with van der Waals surface area (Å²) in [5.41, 5.74) is 1.96.